The monoisotopic (exact) mass is 279 g/mol. The predicted octanol–water partition coefficient (Wildman–Crippen LogP) is 3.83. The Balaban J connectivity index is 0.00000289. The van der Waals surface area contributed by atoms with E-state index in [4.69, 9.17) is 10.5 Å². The van der Waals surface area contributed by atoms with Crippen LogP contribution in [-0.2, 0) is 0 Å². The second kappa shape index (κ2) is 7.54. The molecule has 1 atom stereocenters. The van der Waals surface area contributed by atoms with Gasteiger partial charge >= 0.3 is 0 Å². The van der Waals surface area contributed by atoms with Crippen molar-refractivity contribution in [1.82, 2.24) is 0 Å². The van der Waals surface area contributed by atoms with E-state index < -0.39 is 17.7 Å². The van der Waals surface area contributed by atoms with Crippen molar-refractivity contribution in [1.29, 1.82) is 0 Å². The molecule has 1 rings (SSSR count). The van der Waals surface area contributed by atoms with Crippen molar-refractivity contribution in [2.45, 2.75) is 32.7 Å². The SMILES string of the molecule is COc1cc(F)c([C@@H](N)CCC(C)C)c(F)c1.Cl. The Morgan fingerprint density at radius 2 is 1.67 bits per heavy atom. The van der Waals surface area contributed by atoms with Crippen molar-refractivity contribution >= 4 is 12.4 Å². The van der Waals surface area contributed by atoms with E-state index in [1.807, 2.05) is 13.8 Å². The molecule has 0 heterocycles. The molecule has 1 aromatic carbocycles. The zero-order valence-corrected chi connectivity index (χ0v) is 11.7. The molecule has 0 amide bonds. The van der Waals surface area contributed by atoms with Gasteiger partial charge in [-0.2, -0.15) is 0 Å². The van der Waals surface area contributed by atoms with Gasteiger partial charge in [0.2, 0.25) is 0 Å². The summed E-state index contributed by atoms with van der Waals surface area (Å²) in [7, 11) is 1.37. The number of nitrogens with two attached hydrogens (primary N) is 1. The number of methoxy groups -OCH3 is 1. The molecule has 0 spiro atoms. The number of rotatable bonds is 5. The molecule has 0 saturated heterocycles. The molecule has 0 fully saturated rings. The Morgan fingerprint density at radius 3 is 2.06 bits per heavy atom. The number of hydrogen-bond acceptors (Lipinski definition) is 2. The molecular weight excluding hydrogens is 260 g/mol. The topological polar surface area (TPSA) is 35.2 Å². The molecular formula is C13H20ClF2NO. The molecule has 0 radical (unpaired) electrons. The van der Waals surface area contributed by atoms with Crippen LogP contribution in [0, 0.1) is 17.6 Å². The molecule has 0 saturated carbocycles. The lowest BCUT2D eigenvalue weighted by Crippen LogP contribution is -2.15. The first kappa shape index (κ1) is 17.1. The van der Waals surface area contributed by atoms with E-state index in [0.717, 1.165) is 18.6 Å². The smallest absolute Gasteiger partial charge is 0.134 e. The van der Waals surface area contributed by atoms with Crippen LogP contribution in [0.5, 0.6) is 5.75 Å². The lowest BCUT2D eigenvalue weighted by atomic mass is 9.97. The molecule has 1 aromatic rings. The van der Waals surface area contributed by atoms with E-state index in [1.54, 1.807) is 0 Å². The maximum atomic E-state index is 13.7. The summed E-state index contributed by atoms with van der Waals surface area (Å²) in [6.45, 7) is 4.10. The molecule has 0 aromatic heterocycles. The van der Waals surface area contributed by atoms with Gasteiger partial charge in [0.1, 0.15) is 17.4 Å². The minimum Gasteiger partial charge on any atom is -0.497 e. The second-order valence-electron chi connectivity index (χ2n) is 4.58. The van der Waals surface area contributed by atoms with Gasteiger partial charge in [-0.1, -0.05) is 13.8 Å². The third kappa shape index (κ3) is 4.42. The van der Waals surface area contributed by atoms with Gasteiger partial charge in [0.25, 0.3) is 0 Å². The Hall–Kier alpha value is -0.870. The normalized spacial score (nSPS) is 12.2. The molecule has 104 valence electrons. The fourth-order valence-corrected chi connectivity index (χ4v) is 1.69. The van der Waals surface area contributed by atoms with E-state index in [0.29, 0.717) is 12.3 Å². The first-order chi connectivity index (χ1) is 7.95. The lowest BCUT2D eigenvalue weighted by Gasteiger charge is -2.16. The van der Waals surface area contributed by atoms with Crippen molar-refractivity contribution in [2.75, 3.05) is 7.11 Å². The van der Waals surface area contributed by atoms with Crippen LogP contribution in [0.2, 0.25) is 0 Å². The van der Waals surface area contributed by atoms with Crippen LogP contribution >= 0.6 is 12.4 Å². The second-order valence-corrected chi connectivity index (χ2v) is 4.58. The van der Waals surface area contributed by atoms with Crippen LogP contribution in [0.4, 0.5) is 8.78 Å². The zero-order valence-electron chi connectivity index (χ0n) is 10.9. The fraction of sp³-hybridized carbons (Fsp3) is 0.538. The van der Waals surface area contributed by atoms with E-state index in [9.17, 15) is 8.78 Å². The summed E-state index contributed by atoms with van der Waals surface area (Å²) < 4.78 is 32.1. The quantitative estimate of drug-likeness (QED) is 0.889. The highest BCUT2D eigenvalue weighted by atomic mass is 35.5. The highest BCUT2D eigenvalue weighted by Gasteiger charge is 2.18. The van der Waals surface area contributed by atoms with E-state index in [-0.39, 0.29) is 23.7 Å². The maximum Gasteiger partial charge on any atom is 0.134 e. The largest absolute Gasteiger partial charge is 0.497 e. The minimum atomic E-state index is -0.641. The minimum absolute atomic E-state index is 0. The number of benzene rings is 1. The average Bonchev–Trinajstić information content (AvgIpc) is 2.25. The summed E-state index contributed by atoms with van der Waals surface area (Å²) in [6, 6.07) is 1.71. The molecule has 0 unspecified atom stereocenters. The molecule has 0 aliphatic carbocycles. The summed E-state index contributed by atoms with van der Waals surface area (Å²) >= 11 is 0. The molecule has 0 bridgehead atoms. The van der Waals surface area contributed by atoms with E-state index >= 15 is 0 Å². The standard InChI is InChI=1S/C13H19F2NO.ClH/c1-8(2)4-5-12(16)13-10(14)6-9(17-3)7-11(13)15;/h6-8,12H,4-5,16H2,1-3H3;1H/t12-;/m0./s1. The Labute approximate surface area is 113 Å². The lowest BCUT2D eigenvalue weighted by molar-refractivity contribution is 0.401. The fourth-order valence-electron chi connectivity index (χ4n) is 1.69. The highest BCUT2D eigenvalue weighted by molar-refractivity contribution is 5.85. The van der Waals surface area contributed by atoms with E-state index in [1.165, 1.54) is 7.11 Å². The van der Waals surface area contributed by atoms with Crippen molar-refractivity contribution in [3.05, 3.63) is 29.3 Å². The van der Waals surface area contributed by atoms with Gasteiger partial charge in [-0.25, -0.2) is 8.78 Å². The predicted molar refractivity (Wildman–Crippen MR) is 71.2 cm³/mol. The van der Waals surface area contributed by atoms with E-state index in [2.05, 4.69) is 0 Å². The van der Waals surface area contributed by atoms with Gasteiger partial charge < -0.3 is 10.5 Å². The molecule has 5 heteroatoms. The first-order valence-corrected chi connectivity index (χ1v) is 5.74. The average molecular weight is 280 g/mol. The summed E-state index contributed by atoms with van der Waals surface area (Å²) in [5.74, 6) is -0.651. The van der Waals surface area contributed by atoms with Gasteiger partial charge in [-0.05, 0) is 18.8 Å². The third-order valence-corrected chi connectivity index (χ3v) is 2.71. The Morgan fingerprint density at radius 1 is 1.17 bits per heavy atom. The summed E-state index contributed by atoms with van der Waals surface area (Å²) in [4.78, 5) is 0. The number of halogens is 3. The van der Waals surface area contributed by atoms with Gasteiger partial charge in [0.15, 0.2) is 0 Å². The van der Waals surface area contributed by atoms with Crippen molar-refractivity contribution in [2.24, 2.45) is 11.7 Å². The molecule has 18 heavy (non-hydrogen) atoms. The Bertz CT molecular complexity index is 362. The Kier molecular flexibility index (Phi) is 7.18. The van der Waals surface area contributed by atoms with Gasteiger partial charge in [-0.3, -0.25) is 0 Å². The van der Waals surface area contributed by atoms with Crippen LogP contribution in [0.25, 0.3) is 0 Å². The summed E-state index contributed by atoms with van der Waals surface area (Å²) in [6.07, 6.45) is 1.41. The molecule has 0 aliphatic heterocycles. The van der Waals surface area contributed by atoms with Crippen LogP contribution in [0.1, 0.15) is 38.3 Å². The third-order valence-electron chi connectivity index (χ3n) is 2.71. The zero-order chi connectivity index (χ0) is 13.0. The van der Waals surface area contributed by atoms with Crippen molar-refractivity contribution < 1.29 is 13.5 Å². The van der Waals surface area contributed by atoms with Crippen molar-refractivity contribution in [3.63, 3.8) is 0 Å². The first-order valence-electron chi connectivity index (χ1n) is 5.74. The molecule has 2 N–H and O–H groups in total. The van der Waals surface area contributed by atoms with Crippen LogP contribution < -0.4 is 10.5 Å². The summed E-state index contributed by atoms with van der Waals surface area (Å²) in [5.41, 5.74) is 5.77. The number of hydrogen-bond donors (Lipinski definition) is 1. The summed E-state index contributed by atoms with van der Waals surface area (Å²) in [5, 5.41) is 0. The van der Waals surface area contributed by atoms with Crippen molar-refractivity contribution in [3.8, 4) is 5.75 Å². The van der Waals surface area contributed by atoms with Gasteiger partial charge in [0, 0.05) is 23.7 Å². The van der Waals surface area contributed by atoms with Crippen LogP contribution in [-0.4, -0.2) is 7.11 Å². The van der Waals surface area contributed by atoms with Gasteiger partial charge in [-0.15, -0.1) is 12.4 Å². The maximum absolute atomic E-state index is 13.7. The molecule has 0 aliphatic rings. The van der Waals surface area contributed by atoms with Crippen LogP contribution in [0.15, 0.2) is 12.1 Å². The van der Waals surface area contributed by atoms with Gasteiger partial charge in [0.05, 0.1) is 7.11 Å². The number of ether oxygens (including phenoxy) is 1. The molecule has 2 nitrogen and oxygen atoms in total. The van der Waals surface area contributed by atoms with Crippen LogP contribution in [0.3, 0.4) is 0 Å². The highest BCUT2D eigenvalue weighted by Crippen LogP contribution is 2.27.